The van der Waals surface area contributed by atoms with Gasteiger partial charge in [0.1, 0.15) is 5.56 Å². The van der Waals surface area contributed by atoms with Crippen molar-refractivity contribution in [3.05, 3.63) is 68.4 Å². The molecule has 0 aliphatic heterocycles. The van der Waals surface area contributed by atoms with E-state index in [2.05, 4.69) is 15.0 Å². The van der Waals surface area contributed by atoms with Crippen LogP contribution in [0.4, 0.5) is 10.8 Å². The van der Waals surface area contributed by atoms with Crippen LogP contribution in [0.1, 0.15) is 10.4 Å². The fourth-order valence-corrected chi connectivity index (χ4v) is 4.12. The highest BCUT2D eigenvalue weighted by molar-refractivity contribution is 7.93. The number of hydrogen-bond donors (Lipinski definition) is 2. The van der Waals surface area contributed by atoms with Crippen molar-refractivity contribution in [3.63, 3.8) is 0 Å². The van der Waals surface area contributed by atoms with Crippen LogP contribution < -0.4 is 21.3 Å². The SMILES string of the molecule is Cn1cc(C(=O)Nc2ccc(S(=O)(=O)Nc3nccs3)cc2)c(=O)n(C)c1=O. The lowest BCUT2D eigenvalue weighted by Gasteiger charge is -2.09. The van der Waals surface area contributed by atoms with Gasteiger partial charge in [-0.3, -0.25) is 18.9 Å². The predicted octanol–water partition coefficient (Wildman–Crippen LogP) is 0.594. The van der Waals surface area contributed by atoms with E-state index in [4.69, 9.17) is 0 Å². The van der Waals surface area contributed by atoms with Crippen molar-refractivity contribution < 1.29 is 13.2 Å². The van der Waals surface area contributed by atoms with Gasteiger partial charge in [0.05, 0.1) is 4.90 Å². The summed E-state index contributed by atoms with van der Waals surface area (Å²) in [5.41, 5.74) is -1.21. The summed E-state index contributed by atoms with van der Waals surface area (Å²) >= 11 is 1.14. The minimum Gasteiger partial charge on any atom is -0.322 e. The molecule has 0 bridgehead atoms. The van der Waals surface area contributed by atoms with Crippen LogP contribution in [-0.4, -0.2) is 28.4 Å². The highest BCUT2D eigenvalue weighted by Gasteiger charge is 2.17. The van der Waals surface area contributed by atoms with Gasteiger partial charge in [-0.25, -0.2) is 18.2 Å². The molecule has 3 aromatic rings. The van der Waals surface area contributed by atoms with Crippen molar-refractivity contribution in [2.75, 3.05) is 10.0 Å². The van der Waals surface area contributed by atoms with Gasteiger partial charge in [-0.05, 0) is 24.3 Å². The van der Waals surface area contributed by atoms with Crippen LogP contribution in [0.15, 0.2) is 56.5 Å². The summed E-state index contributed by atoms with van der Waals surface area (Å²) in [6.45, 7) is 0. The zero-order valence-electron chi connectivity index (χ0n) is 14.7. The molecule has 1 amide bonds. The summed E-state index contributed by atoms with van der Waals surface area (Å²) in [6.07, 6.45) is 2.63. The molecule has 2 N–H and O–H groups in total. The van der Waals surface area contributed by atoms with Crippen LogP contribution in [0.2, 0.25) is 0 Å². The Labute approximate surface area is 163 Å². The topological polar surface area (TPSA) is 132 Å². The van der Waals surface area contributed by atoms with Crippen molar-refractivity contribution in [2.24, 2.45) is 14.1 Å². The molecule has 10 nitrogen and oxygen atoms in total. The molecule has 1 aromatic carbocycles. The summed E-state index contributed by atoms with van der Waals surface area (Å²) in [5.74, 6) is -0.715. The zero-order valence-corrected chi connectivity index (χ0v) is 16.4. The van der Waals surface area contributed by atoms with E-state index in [9.17, 15) is 22.8 Å². The maximum Gasteiger partial charge on any atom is 0.330 e. The lowest BCUT2D eigenvalue weighted by atomic mass is 10.2. The molecule has 0 spiro atoms. The largest absolute Gasteiger partial charge is 0.330 e. The number of aryl methyl sites for hydroxylation is 1. The summed E-state index contributed by atoms with van der Waals surface area (Å²) in [7, 11) is -1.11. The van der Waals surface area contributed by atoms with E-state index >= 15 is 0 Å². The minimum absolute atomic E-state index is 0.0151. The number of carbonyl (C=O) groups excluding carboxylic acids is 1. The number of rotatable bonds is 5. The molecule has 12 heteroatoms. The maximum absolute atomic E-state index is 12.4. The van der Waals surface area contributed by atoms with E-state index in [0.717, 1.165) is 26.7 Å². The molecule has 0 unspecified atom stereocenters. The minimum atomic E-state index is -3.81. The van der Waals surface area contributed by atoms with E-state index < -0.39 is 27.2 Å². The Morgan fingerprint density at radius 2 is 1.82 bits per heavy atom. The van der Waals surface area contributed by atoms with E-state index in [0.29, 0.717) is 0 Å². The second kappa shape index (κ2) is 7.40. The average Bonchev–Trinajstić information content (AvgIpc) is 3.15. The number of carbonyl (C=O) groups is 1. The summed E-state index contributed by atoms with van der Waals surface area (Å²) in [6, 6.07) is 5.40. The maximum atomic E-state index is 12.4. The van der Waals surface area contributed by atoms with Gasteiger partial charge in [0.15, 0.2) is 5.13 Å². The Morgan fingerprint density at radius 3 is 2.43 bits per heavy atom. The van der Waals surface area contributed by atoms with Gasteiger partial charge in [0.2, 0.25) is 0 Å². The van der Waals surface area contributed by atoms with E-state index in [-0.39, 0.29) is 21.3 Å². The number of aromatic nitrogens is 3. The molecule has 0 aliphatic rings. The summed E-state index contributed by atoms with van der Waals surface area (Å²) in [5, 5.41) is 4.38. The Balaban J connectivity index is 1.81. The monoisotopic (exact) mass is 421 g/mol. The van der Waals surface area contributed by atoms with E-state index in [1.807, 2.05) is 0 Å². The van der Waals surface area contributed by atoms with Gasteiger partial charge in [-0.2, -0.15) is 0 Å². The van der Waals surface area contributed by atoms with Gasteiger partial charge in [0.25, 0.3) is 21.5 Å². The molecule has 0 saturated carbocycles. The molecular weight excluding hydrogens is 406 g/mol. The van der Waals surface area contributed by atoms with Crippen LogP contribution in [-0.2, 0) is 24.1 Å². The van der Waals surface area contributed by atoms with Crippen molar-refractivity contribution >= 4 is 38.1 Å². The Hall–Kier alpha value is -3.25. The molecule has 3 rings (SSSR count). The summed E-state index contributed by atoms with van der Waals surface area (Å²) < 4.78 is 28.9. The van der Waals surface area contributed by atoms with Gasteiger partial charge in [-0.15, -0.1) is 11.3 Å². The smallest absolute Gasteiger partial charge is 0.322 e. The number of nitrogens with one attached hydrogen (secondary N) is 2. The fraction of sp³-hybridized carbons (Fsp3) is 0.125. The first-order chi connectivity index (χ1) is 13.2. The lowest BCUT2D eigenvalue weighted by molar-refractivity contribution is 0.102. The van der Waals surface area contributed by atoms with Crippen LogP contribution in [0.3, 0.4) is 0 Å². The third-order valence-corrected chi connectivity index (χ3v) is 5.94. The second-order valence-electron chi connectivity index (χ2n) is 5.72. The van der Waals surface area contributed by atoms with Crippen LogP contribution >= 0.6 is 11.3 Å². The fourth-order valence-electron chi connectivity index (χ4n) is 2.33. The third-order valence-electron chi connectivity index (χ3n) is 3.77. The standard InChI is InChI=1S/C16H15N5O5S2/c1-20-9-12(14(23)21(2)16(20)24)13(22)18-10-3-5-11(6-4-10)28(25,26)19-15-17-7-8-27-15/h3-9H,1-2H3,(H,17,19)(H,18,22). The quantitative estimate of drug-likeness (QED) is 0.620. The zero-order chi connectivity index (χ0) is 20.5. The van der Waals surface area contributed by atoms with E-state index in [1.54, 1.807) is 5.38 Å². The van der Waals surface area contributed by atoms with Crippen LogP contribution in [0, 0.1) is 0 Å². The van der Waals surface area contributed by atoms with Gasteiger partial charge in [-0.1, -0.05) is 0 Å². The molecule has 0 saturated heterocycles. The van der Waals surface area contributed by atoms with Gasteiger partial charge in [0, 0.05) is 37.6 Å². The molecule has 0 aliphatic carbocycles. The molecule has 146 valence electrons. The normalized spacial score (nSPS) is 11.2. The number of anilines is 2. The van der Waals surface area contributed by atoms with Crippen molar-refractivity contribution in [2.45, 2.75) is 4.90 Å². The van der Waals surface area contributed by atoms with Crippen LogP contribution in [0.25, 0.3) is 0 Å². The Morgan fingerprint density at radius 1 is 1.14 bits per heavy atom. The highest BCUT2D eigenvalue weighted by Crippen LogP contribution is 2.19. The average molecular weight is 421 g/mol. The first-order valence-corrected chi connectivity index (χ1v) is 10.2. The number of benzene rings is 1. The predicted molar refractivity (Wildman–Crippen MR) is 104 cm³/mol. The number of amides is 1. The molecule has 28 heavy (non-hydrogen) atoms. The van der Waals surface area contributed by atoms with Gasteiger partial charge < -0.3 is 9.88 Å². The summed E-state index contributed by atoms with van der Waals surface area (Å²) in [4.78, 5) is 40.0. The highest BCUT2D eigenvalue weighted by atomic mass is 32.2. The van der Waals surface area contributed by atoms with Crippen molar-refractivity contribution in [3.8, 4) is 0 Å². The molecule has 0 radical (unpaired) electrons. The molecule has 2 heterocycles. The first-order valence-electron chi connectivity index (χ1n) is 7.79. The van der Waals surface area contributed by atoms with Crippen molar-refractivity contribution in [1.82, 2.24) is 14.1 Å². The second-order valence-corrected chi connectivity index (χ2v) is 8.30. The molecule has 0 atom stereocenters. The number of sulfonamides is 1. The lowest BCUT2D eigenvalue weighted by Crippen LogP contribution is -2.40. The Kier molecular flexibility index (Phi) is 5.16. The van der Waals surface area contributed by atoms with Gasteiger partial charge >= 0.3 is 5.69 Å². The molecule has 2 aromatic heterocycles. The van der Waals surface area contributed by atoms with Crippen LogP contribution in [0.5, 0.6) is 0 Å². The third kappa shape index (κ3) is 3.87. The number of thiazole rings is 1. The Bertz CT molecular complexity index is 1240. The molecule has 0 fully saturated rings. The molecular formula is C16H15N5O5S2. The van der Waals surface area contributed by atoms with E-state index in [1.165, 1.54) is 44.6 Å². The number of hydrogen-bond acceptors (Lipinski definition) is 7. The van der Waals surface area contributed by atoms with Crippen molar-refractivity contribution in [1.29, 1.82) is 0 Å². The first kappa shape index (κ1) is 19.5. The number of nitrogens with zero attached hydrogens (tertiary/aromatic N) is 3.